The van der Waals surface area contributed by atoms with Gasteiger partial charge in [0.25, 0.3) is 10.2 Å². The average Bonchev–Trinajstić information content (AvgIpc) is 2.79. The van der Waals surface area contributed by atoms with E-state index in [1.54, 1.807) is 20.8 Å². The standard InChI is InChI=1S/C17H27N3O6S2/c1-5-18(6-2)28(25,26)19-7-11(8-19)27-15-9(3)13-12(10(4)21)16(22)20(13)14(15)17(23)24/h9-13,21H,5-8H2,1-4H3,(H,23,24)/t9-,10-,12?,13?/m1/s1. The van der Waals surface area contributed by atoms with Crippen LogP contribution in [0.5, 0.6) is 0 Å². The zero-order valence-electron chi connectivity index (χ0n) is 16.4. The summed E-state index contributed by atoms with van der Waals surface area (Å²) in [7, 11) is -3.49. The lowest BCUT2D eigenvalue weighted by molar-refractivity contribution is -0.163. The SMILES string of the molecule is CCN(CC)S(=O)(=O)N1CC(SC2=C(C(=O)O)N3C(=O)C([C@@H](C)O)C3[C@H]2C)C1. The lowest BCUT2D eigenvalue weighted by atomic mass is 9.79. The maximum Gasteiger partial charge on any atom is 0.353 e. The van der Waals surface area contributed by atoms with Crippen molar-refractivity contribution in [2.24, 2.45) is 11.8 Å². The molecule has 3 aliphatic rings. The molecule has 0 bridgehead atoms. The Labute approximate surface area is 169 Å². The average molecular weight is 434 g/mol. The molecule has 1 amide bonds. The number of aliphatic hydroxyl groups is 1. The van der Waals surface area contributed by atoms with Gasteiger partial charge in [-0.15, -0.1) is 11.8 Å². The summed E-state index contributed by atoms with van der Waals surface area (Å²) in [4.78, 5) is 26.0. The van der Waals surface area contributed by atoms with Crippen LogP contribution in [0.2, 0.25) is 0 Å². The van der Waals surface area contributed by atoms with E-state index in [0.29, 0.717) is 31.1 Å². The van der Waals surface area contributed by atoms with E-state index in [9.17, 15) is 28.2 Å². The Hall–Kier alpha value is -1.14. The molecule has 0 spiro atoms. The van der Waals surface area contributed by atoms with Gasteiger partial charge in [0.05, 0.1) is 18.1 Å². The highest BCUT2D eigenvalue weighted by molar-refractivity contribution is 8.04. The zero-order chi connectivity index (χ0) is 21.0. The molecule has 2 saturated heterocycles. The minimum atomic E-state index is -3.49. The predicted octanol–water partition coefficient (Wildman–Crippen LogP) is 0.144. The van der Waals surface area contributed by atoms with Gasteiger partial charge in [0.2, 0.25) is 5.91 Å². The summed E-state index contributed by atoms with van der Waals surface area (Å²) in [6, 6.07) is -0.350. The van der Waals surface area contributed by atoms with Crippen LogP contribution in [-0.2, 0) is 19.8 Å². The number of nitrogens with zero attached hydrogens (tertiary/aromatic N) is 3. The number of aliphatic carboxylic acids is 1. The van der Waals surface area contributed by atoms with Crippen molar-refractivity contribution in [2.75, 3.05) is 26.2 Å². The minimum absolute atomic E-state index is 0.0190. The Morgan fingerprint density at radius 1 is 1.32 bits per heavy atom. The molecule has 28 heavy (non-hydrogen) atoms. The molecule has 11 heteroatoms. The Bertz CT molecular complexity index is 802. The molecule has 0 radical (unpaired) electrons. The monoisotopic (exact) mass is 433 g/mol. The maximum atomic E-state index is 12.5. The van der Waals surface area contributed by atoms with E-state index in [1.807, 2.05) is 6.92 Å². The van der Waals surface area contributed by atoms with E-state index < -0.39 is 28.2 Å². The highest BCUT2D eigenvalue weighted by Gasteiger charge is 2.60. The van der Waals surface area contributed by atoms with E-state index in [0.717, 1.165) is 0 Å². The number of carboxylic acid groups (broad SMARTS) is 1. The first-order valence-electron chi connectivity index (χ1n) is 9.46. The summed E-state index contributed by atoms with van der Waals surface area (Å²) in [6.45, 7) is 8.40. The number of fused-ring (bicyclic) bond motifs is 1. The van der Waals surface area contributed by atoms with Crippen molar-refractivity contribution < 1.29 is 28.2 Å². The van der Waals surface area contributed by atoms with E-state index in [1.165, 1.54) is 25.3 Å². The van der Waals surface area contributed by atoms with E-state index in [4.69, 9.17) is 0 Å². The molecule has 2 fully saturated rings. The van der Waals surface area contributed by atoms with Crippen LogP contribution in [0.4, 0.5) is 0 Å². The summed E-state index contributed by atoms with van der Waals surface area (Å²) >= 11 is 1.35. The number of hydrogen-bond donors (Lipinski definition) is 2. The van der Waals surface area contributed by atoms with Crippen molar-refractivity contribution in [2.45, 2.75) is 45.1 Å². The van der Waals surface area contributed by atoms with Gasteiger partial charge in [0.1, 0.15) is 5.70 Å². The fraction of sp³-hybridized carbons (Fsp3) is 0.765. The van der Waals surface area contributed by atoms with Gasteiger partial charge >= 0.3 is 5.97 Å². The van der Waals surface area contributed by atoms with Gasteiger partial charge in [-0.25, -0.2) is 4.79 Å². The van der Waals surface area contributed by atoms with Crippen LogP contribution in [0.1, 0.15) is 27.7 Å². The molecular formula is C17H27N3O6S2. The molecule has 4 atom stereocenters. The number of aliphatic hydroxyl groups excluding tert-OH is 1. The number of carbonyl (C=O) groups excluding carboxylic acids is 1. The molecule has 0 aromatic carbocycles. The van der Waals surface area contributed by atoms with Crippen LogP contribution in [-0.4, -0.2) is 87.6 Å². The zero-order valence-corrected chi connectivity index (χ0v) is 18.0. The normalized spacial score (nSPS) is 29.7. The number of carboxylic acids is 1. The highest BCUT2D eigenvalue weighted by Crippen LogP contribution is 2.52. The molecule has 2 N–H and O–H groups in total. The van der Waals surface area contributed by atoms with Crippen molar-refractivity contribution >= 4 is 33.8 Å². The quantitative estimate of drug-likeness (QED) is 0.523. The Morgan fingerprint density at radius 3 is 2.36 bits per heavy atom. The number of carbonyl (C=O) groups is 2. The first kappa shape index (κ1) is 21.6. The molecular weight excluding hydrogens is 406 g/mol. The van der Waals surface area contributed by atoms with Gasteiger partial charge in [-0.1, -0.05) is 20.8 Å². The second-order valence-electron chi connectivity index (χ2n) is 7.42. The van der Waals surface area contributed by atoms with Crippen LogP contribution < -0.4 is 0 Å². The smallest absolute Gasteiger partial charge is 0.353 e. The van der Waals surface area contributed by atoms with Crippen molar-refractivity contribution in [3.8, 4) is 0 Å². The Balaban J connectivity index is 1.73. The lowest BCUT2D eigenvalue weighted by Gasteiger charge is -2.46. The molecule has 2 unspecified atom stereocenters. The predicted molar refractivity (Wildman–Crippen MR) is 104 cm³/mol. The third kappa shape index (κ3) is 3.17. The molecule has 9 nitrogen and oxygen atoms in total. The van der Waals surface area contributed by atoms with Crippen LogP contribution in [0.25, 0.3) is 0 Å². The van der Waals surface area contributed by atoms with Crippen molar-refractivity contribution in [3.05, 3.63) is 10.6 Å². The maximum absolute atomic E-state index is 12.5. The van der Waals surface area contributed by atoms with Crippen LogP contribution >= 0.6 is 11.8 Å². The van der Waals surface area contributed by atoms with E-state index in [2.05, 4.69) is 0 Å². The van der Waals surface area contributed by atoms with Crippen molar-refractivity contribution in [1.82, 2.24) is 13.5 Å². The molecule has 0 aromatic heterocycles. The van der Waals surface area contributed by atoms with Crippen LogP contribution in [0.3, 0.4) is 0 Å². The second kappa shape index (κ2) is 7.60. The van der Waals surface area contributed by atoms with Gasteiger partial charge in [-0.2, -0.15) is 17.0 Å². The molecule has 3 rings (SSSR count). The number of thioether (sulfide) groups is 1. The number of amides is 1. The largest absolute Gasteiger partial charge is 0.477 e. The topological polar surface area (TPSA) is 118 Å². The Morgan fingerprint density at radius 2 is 1.89 bits per heavy atom. The summed E-state index contributed by atoms with van der Waals surface area (Å²) in [5.74, 6) is -2.33. The summed E-state index contributed by atoms with van der Waals surface area (Å²) in [5.41, 5.74) is -0.0190. The van der Waals surface area contributed by atoms with Crippen LogP contribution in [0, 0.1) is 11.8 Å². The van der Waals surface area contributed by atoms with E-state index in [-0.39, 0.29) is 28.8 Å². The van der Waals surface area contributed by atoms with Gasteiger partial charge in [-0.05, 0) is 6.92 Å². The lowest BCUT2D eigenvalue weighted by Crippen LogP contribution is -2.63. The van der Waals surface area contributed by atoms with Gasteiger partial charge < -0.3 is 15.1 Å². The molecule has 0 saturated carbocycles. The van der Waals surface area contributed by atoms with Gasteiger partial charge in [-0.3, -0.25) is 4.79 Å². The summed E-state index contributed by atoms with van der Waals surface area (Å²) < 4.78 is 27.8. The number of rotatable bonds is 8. The van der Waals surface area contributed by atoms with Gasteiger partial charge in [0.15, 0.2) is 0 Å². The molecule has 0 aliphatic carbocycles. The first-order valence-corrected chi connectivity index (χ1v) is 11.7. The fourth-order valence-corrected chi connectivity index (χ4v) is 7.66. The minimum Gasteiger partial charge on any atom is -0.477 e. The Kier molecular flexibility index (Phi) is 5.85. The second-order valence-corrected chi connectivity index (χ2v) is 10.7. The number of β-lactam (4-membered cyclic amide) rings is 1. The van der Waals surface area contributed by atoms with Crippen LogP contribution in [0.15, 0.2) is 10.6 Å². The first-order chi connectivity index (χ1) is 13.1. The summed E-state index contributed by atoms with van der Waals surface area (Å²) in [5, 5.41) is 19.5. The molecule has 3 heterocycles. The molecule has 3 aliphatic heterocycles. The van der Waals surface area contributed by atoms with Crippen molar-refractivity contribution in [1.29, 1.82) is 0 Å². The fourth-order valence-electron chi connectivity index (χ4n) is 4.24. The molecule has 158 valence electrons. The van der Waals surface area contributed by atoms with Gasteiger partial charge in [0, 0.05) is 42.3 Å². The summed E-state index contributed by atoms with van der Waals surface area (Å²) in [6.07, 6.45) is -0.839. The highest BCUT2D eigenvalue weighted by atomic mass is 32.2. The third-order valence-corrected chi connectivity index (χ3v) is 9.35. The number of hydrogen-bond acceptors (Lipinski definition) is 6. The molecule has 0 aromatic rings. The van der Waals surface area contributed by atoms with Crippen molar-refractivity contribution in [3.63, 3.8) is 0 Å². The van der Waals surface area contributed by atoms with E-state index >= 15 is 0 Å². The third-order valence-electron chi connectivity index (χ3n) is 5.78.